The van der Waals surface area contributed by atoms with Gasteiger partial charge in [-0.05, 0) is 130 Å². The van der Waals surface area contributed by atoms with Gasteiger partial charge in [0.1, 0.15) is 0 Å². The predicted octanol–water partition coefficient (Wildman–Crippen LogP) is 14.4. The van der Waals surface area contributed by atoms with E-state index in [-0.39, 0.29) is 0 Å². The second-order valence-electron chi connectivity index (χ2n) is 14.5. The molecule has 10 aromatic carbocycles. The number of rotatable bonds is 3. The van der Waals surface area contributed by atoms with Crippen molar-refractivity contribution in [1.82, 2.24) is 4.57 Å². The summed E-state index contributed by atoms with van der Waals surface area (Å²) in [4.78, 5) is 0. The third kappa shape index (κ3) is 4.08. The number of fused-ring (bicyclic) bond motifs is 12. The first-order valence-electron chi connectivity index (χ1n) is 18.4. The molecule has 0 bridgehead atoms. The van der Waals surface area contributed by atoms with Crippen molar-refractivity contribution in [3.05, 3.63) is 188 Å². The molecule has 0 spiro atoms. The standard InChI is InChI=1S/C52H31N/c1-2-16-40-38(14-1)39-15-3-4-17-41(39)48-31-37(24-26-42(40)48)53-50-21-6-5-18-44(50)49-30-36(23-27-51(49)53)34-13-7-12-33(28-34)35-22-25-43-45-19-8-10-32-11-9-20-46(52(32)45)47(43)29-35/h1-31H. The van der Waals surface area contributed by atoms with Gasteiger partial charge < -0.3 is 4.57 Å². The highest BCUT2D eigenvalue weighted by Gasteiger charge is 2.22. The molecule has 1 aromatic heterocycles. The average molecular weight is 670 g/mol. The smallest absolute Gasteiger partial charge is 0.0541 e. The quantitative estimate of drug-likeness (QED) is 0.165. The number of nitrogens with zero attached hydrogens (tertiary/aromatic N) is 1. The molecule has 1 aliphatic rings. The molecule has 0 unspecified atom stereocenters. The zero-order chi connectivity index (χ0) is 34.6. The second kappa shape index (κ2) is 10.8. The van der Waals surface area contributed by atoms with Gasteiger partial charge >= 0.3 is 0 Å². The molecule has 53 heavy (non-hydrogen) atoms. The Morgan fingerprint density at radius 1 is 0.264 bits per heavy atom. The lowest BCUT2D eigenvalue weighted by Gasteiger charge is -2.14. The number of hydrogen-bond acceptors (Lipinski definition) is 0. The van der Waals surface area contributed by atoms with Crippen LogP contribution < -0.4 is 0 Å². The fourth-order valence-corrected chi connectivity index (χ4v) is 9.32. The number of para-hydroxylation sites is 1. The highest BCUT2D eigenvalue weighted by molar-refractivity contribution is 6.25. The maximum absolute atomic E-state index is 2.44. The lowest BCUT2D eigenvalue weighted by Crippen LogP contribution is -1.94. The highest BCUT2D eigenvalue weighted by Crippen LogP contribution is 2.48. The van der Waals surface area contributed by atoms with E-state index in [0.29, 0.717) is 0 Å². The Labute approximate surface area is 306 Å². The van der Waals surface area contributed by atoms with E-state index < -0.39 is 0 Å². The number of benzene rings is 10. The van der Waals surface area contributed by atoms with Crippen molar-refractivity contribution >= 4 is 64.9 Å². The Balaban J connectivity index is 0.998. The van der Waals surface area contributed by atoms with Crippen LogP contribution in [0.15, 0.2) is 188 Å². The van der Waals surface area contributed by atoms with Gasteiger partial charge in [-0.25, -0.2) is 0 Å². The minimum atomic E-state index is 1.17. The molecule has 244 valence electrons. The summed E-state index contributed by atoms with van der Waals surface area (Å²) in [5.41, 5.74) is 13.8. The first-order chi connectivity index (χ1) is 26.3. The topological polar surface area (TPSA) is 4.93 Å². The van der Waals surface area contributed by atoms with E-state index in [1.165, 1.54) is 115 Å². The van der Waals surface area contributed by atoms with Crippen LogP contribution >= 0.6 is 0 Å². The van der Waals surface area contributed by atoms with Crippen molar-refractivity contribution in [3.63, 3.8) is 0 Å². The Morgan fingerprint density at radius 3 is 1.55 bits per heavy atom. The zero-order valence-electron chi connectivity index (χ0n) is 28.8. The van der Waals surface area contributed by atoms with Gasteiger partial charge in [-0.2, -0.15) is 0 Å². The monoisotopic (exact) mass is 669 g/mol. The van der Waals surface area contributed by atoms with E-state index in [1.807, 2.05) is 0 Å². The molecule has 1 nitrogen and oxygen atoms in total. The molecule has 1 heterocycles. The van der Waals surface area contributed by atoms with Crippen LogP contribution in [0, 0.1) is 0 Å². The first-order valence-corrected chi connectivity index (χ1v) is 18.4. The number of aromatic nitrogens is 1. The Morgan fingerprint density at radius 2 is 0.811 bits per heavy atom. The molecule has 12 rings (SSSR count). The predicted molar refractivity (Wildman–Crippen MR) is 226 cm³/mol. The fourth-order valence-electron chi connectivity index (χ4n) is 9.32. The molecule has 0 atom stereocenters. The Hall–Kier alpha value is -6.96. The second-order valence-corrected chi connectivity index (χ2v) is 14.5. The van der Waals surface area contributed by atoms with Gasteiger partial charge in [-0.1, -0.05) is 146 Å². The third-order valence-electron chi connectivity index (χ3n) is 11.7. The van der Waals surface area contributed by atoms with Crippen molar-refractivity contribution < 1.29 is 0 Å². The summed E-state index contributed by atoms with van der Waals surface area (Å²) in [6, 6.07) is 69.8. The van der Waals surface area contributed by atoms with E-state index in [4.69, 9.17) is 0 Å². The molecule has 0 radical (unpaired) electrons. The highest BCUT2D eigenvalue weighted by atomic mass is 15.0. The summed E-state index contributed by atoms with van der Waals surface area (Å²) < 4.78 is 2.44. The summed E-state index contributed by atoms with van der Waals surface area (Å²) in [6.07, 6.45) is 0. The lowest BCUT2D eigenvalue weighted by atomic mass is 9.94. The maximum Gasteiger partial charge on any atom is 0.0541 e. The minimum absolute atomic E-state index is 1.17. The molecule has 1 heteroatoms. The molecular formula is C52H31N. The lowest BCUT2D eigenvalue weighted by molar-refractivity contribution is 1.19. The van der Waals surface area contributed by atoms with Crippen molar-refractivity contribution in [3.8, 4) is 50.2 Å². The number of hydrogen-bond donors (Lipinski definition) is 0. The van der Waals surface area contributed by atoms with Crippen LogP contribution in [0.5, 0.6) is 0 Å². The van der Waals surface area contributed by atoms with Crippen molar-refractivity contribution in [2.24, 2.45) is 0 Å². The van der Waals surface area contributed by atoms with Gasteiger partial charge in [-0.15, -0.1) is 0 Å². The van der Waals surface area contributed by atoms with Crippen molar-refractivity contribution in [1.29, 1.82) is 0 Å². The average Bonchev–Trinajstić information content (AvgIpc) is 3.74. The van der Waals surface area contributed by atoms with Gasteiger partial charge in [0.2, 0.25) is 0 Å². The van der Waals surface area contributed by atoms with Crippen LogP contribution in [-0.2, 0) is 0 Å². The van der Waals surface area contributed by atoms with E-state index in [9.17, 15) is 0 Å². The van der Waals surface area contributed by atoms with Crippen LogP contribution in [0.1, 0.15) is 0 Å². The van der Waals surface area contributed by atoms with Crippen LogP contribution in [0.2, 0.25) is 0 Å². The molecular weight excluding hydrogens is 639 g/mol. The van der Waals surface area contributed by atoms with Gasteiger partial charge in [0.05, 0.1) is 11.0 Å². The normalized spacial score (nSPS) is 12.2. The van der Waals surface area contributed by atoms with Crippen molar-refractivity contribution in [2.45, 2.75) is 0 Å². The van der Waals surface area contributed by atoms with Crippen molar-refractivity contribution in [2.75, 3.05) is 0 Å². The van der Waals surface area contributed by atoms with E-state index in [2.05, 4.69) is 193 Å². The summed E-state index contributed by atoms with van der Waals surface area (Å²) in [5.74, 6) is 0. The van der Waals surface area contributed by atoms with Crippen LogP contribution in [-0.4, -0.2) is 4.57 Å². The Kier molecular flexibility index (Phi) is 5.84. The van der Waals surface area contributed by atoms with Gasteiger partial charge in [0.15, 0.2) is 0 Å². The molecule has 0 saturated heterocycles. The minimum Gasteiger partial charge on any atom is -0.309 e. The third-order valence-corrected chi connectivity index (χ3v) is 11.7. The maximum atomic E-state index is 2.44. The van der Waals surface area contributed by atoms with Crippen LogP contribution in [0.3, 0.4) is 0 Å². The summed E-state index contributed by atoms with van der Waals surface area (Å²) in [7, 11) is 0. The van der Waals surface area contributed by atoms with Gasteiger partial charge in [0, 0.05) is 16.5 Å². The molecule has 0 saturated carbocycles. The summed E-state index contributed by atoms with van der Waals surface area (Å²) in [6.45, 7) is 0. The largest absolute Gasteiger partial charge is 0.309 e. The van der Waals surface area contributed by atoms with Crippen LogP contribution in [0.4, 0.5) is 0 Å². The van der Waals surface area contributed by atoms with Gasteiger partial charge in [-0.3, -0.25) is 0 Å². The molecule has 0 aliphatic heterocycles. The molecule has 1 aliphatic carbocycles. The Bertz CT molecular complexity index is 3300. The first kappa shape index (κ1) is 28.7. The van der Waals surface area contributed by atoms with Crippen LogP contribution in [0.25, 0.3) is 115 Å². The summed E-state index contributed by atoms with van der Waals surface area (Å²) in [5, 5.41) is 12.9. The summed E-state index contributed by atoms with van der Waals surface area (Å²) >= 11 is 0. The molecule has 0 amide bonds. The van der Waals surface area contributed by atoms with E-state index >= 15 is 0 Å². The zero-order valence-corrected chi connectivity index (χ0v) is 28.8. The molecule has 0 N–H and O–H groups in total. The fraction of sp³-hybridized carbons (Fsp3) is 0. The molecule has 11 aromatic rings. The van der Waals surface area contributed by atoms with E-state index in [0.717, 1.165) is 0 Å². The SMILES string of the molecule is c1cc(-c2ccc3c(c2)-c2cccc4cccc-3c24)cc(-c2ccc3c(c2)c2ccccc2n3-c2ccc3c4ccccc4c4ccccc4c3c2)c1. The van der Waals surface area contributed by atoms with Gasteiger partial charge in [0.25, 0.3) is 0 Å². The van der Waals surface area contributed by atoms with E-state index in [1.54, 1.807) is 0 Å². The molecule has 0 fully saturated rings.